The fourth-order valence-corrected chi connectivity index (χ4v) is 4.29. The Bertz CT molecular complexity index is 1280. The van der Waals surface area contributed by atoms with Gasteiger partial charge in [-0.3, -0.25) is 4.31 Å². The van der Waals surface area contributed by atoms with E-state index in [1.54, 1.807) is 43.5 Å². The Hall–Kier alpha value is -3.84. The number of hydrogen-bond donors (Lipinski definition) is 0. The summed E-state index contributed by atoms with van der Waals surface area (Å²) in [4.78, 5) is 4.33. The molecule has 0 radical (unpaired) electrons. The van der Waals surface area contributed by atoms with E-state index >= 15 is 0 Å². The van der Waals surface area contributed by atoms with E-state index in [4.69, 9.17) is 9.47 Å². The van der Waals surface area contributed by atoms with Crippen molar-refractivity contribution in [2.45, 2.75) is 13.5 Å². The molecule has 0 fully saturated rings. The summed E-state index contributed by atoms with van der Waals surface area (Å²) < 4.78 is 39.1. The second-order valence-corrected chi connectivity index (χ2v) is 9.38. The number of rotatable bonds is 9. The Labute approximate surface area is 194 Å². The van der Waals surface area contributed by atoms with Crippen LogP contribution in [0.25, 0.3) is 0 Å². The summed E-state index contributed by atoms with van der Waals surface area (Å²) >= 11 is 0. The van der Waals surface area contributed by atoms with Crippen LogP contribution in [0.15, 0.2) is 103 Å². The van der Waals surface area contributed by atoms with Crippen LogP contribution in [0.1, 0.15) is 12.5 Å². The Morgan fingerprint density at radius 3 is 1.91 bits per heavy atom. The molecule has 0 aliphatic carbocycles. The minimum absolute atomic E-state index is 0.0373. The van der Waals surface area contributed by atoms with Crippen LogP contribution in [-0.4, -0.2) is 19.2 Å². The second-order valence-electron chi connectivity index (χ2n) is 7.20. The van der Waals surface area contributed by atoms with Gasteiger partial charge in [0.1, 0.15) is 17.2 Å². The first-order chi connectivity index (χ1) is 16.0. The monoisotopic (exact) mass is 460 g/mol. The SMILES string of the molecule is CCS(=O)(=O)N(Cc1cccnc1Oc1ccccc1)c1ccc(Oc2ccccc2)cc1. The van der Waals surface area contributed by atoms with E-state index < -0.39 is 10.0 Å². The number of pyridine rings is 1. The number of aromatic nitrogens is 1. The number of anilines is 1. The third kappa shape index (κ3) is 5.70. The highest BCUT2D eigenvalue weighted by Crippen LogP contribution is 2.30. The molecular weight excluding hydrogens is 436 g/mol. The number of hydrogen-bond acceptors (Lipinski definition) is 5. The highest BCUT2D eigenvalue weighted by molar-refractivity contribution is 7.92. The van der Waals surface area contributed by atoms with Crippen LogP contribution < -0.4 is 13.8 Å². The Morgan fingerprint density at radius 2 is 1.30 bits per heavy atom. The molecule has 6 nitrogen and oxygen atoms in total. The van der Waals surface area contributed by atoms with Crippen LogP contribution in [0, 0.1) is 0 Å². The molecule has 0 amide bonds. The zero-order valence-electron chi connectivity index (χ0n) is 18.2. The van der Waals surface area contributed by atoms with Gasteiger partial charge in [0, 0.05) is 11.8 Å². The van der Waals surface area contributed by atoms with Crippen molar-refractivity contribution < 1.29 is 17.9 Å². The predicted octanol–water partition coefficient (Wildman–Crippen LogP) is 6.02. The molecular formula is C26H24N2O4S. The summed E-state index contributed by atoms with van der Waals surface area (Å²) in [6.07, 6.45) is 1.62. The summed E-state index contributed by atoms with van der Waals surface area (Å²) in [6.45, 7) is 1.71. The lowest BCUT2D eigenvalue weighted by Gasteiger charge is -2.25. The molecule has 0 saturated carbocycles. The fourth-order valence-electron chi connectivity index (χ4n) is 3.20. The standard InChI is InChI=1S/C26H24N2O4S/c1-2-33(29,30)28(22-15-17-25(18-16-22)31-23-11-5-3-6-12-23)20-21-10-9-19-27-26(21)32-24-13-7-4-8-14-24/h3-19H,2,20H2,1H3. The maximum absolute atomic E-state index is 13.0. The molecule has 4 rings (SSSR count). The number of nitrogens with zero attached hydrogens (tertiary/aromatic N) is 2. The van der Waals surface area contributed by atoms with E-state index in [-0.39, 0.29) is 12.3 Å². The Morgan fingerprint density at radius 1 is 0.727 bits per heavy atom. The van der Waals surface area contributed by atoms with Crippen LogP contribution in [-0.2, 0) is 16.6 Å². The van der Waals surface area contributed by atoms with E-state index in [1.165, 1.54) is 4.31 Å². The van der Waals surface area contributed by atoms with Crippen LogP contribution >= 0.6 is 0 Å². The van der Waals surface area contributed by atoms with Gasteiger partial charge in [-0.2, -0.15) is 0 Å². The smallest absolute Gasteiger partial charge is 0.235 e. The summed E-state index contributed by atoms with van der Waals surface area (Å²) in [5.41, 5.74) is 1.19. The van der Waals surface area contributed by atoms with Gasteiger partial charge in [-0.05, 0) is 61.5 Å². The number of sulfonamides is 1. The predicted molar refractivity (Wildman–Crippen MR) is 129 cm³/mol. The first kappa shape index (κ1) is 22.4. The molecule has 33 heavy (non-hydrogen) atoms. The van der Waals surface area contributed by atoms with Crippen molar-refractivity contribution in [3.63, 3.8) is 0 Å². The van der Waals surface area contributed by atoms with E-state index in [0.717, 1.165) is 0 Å². The van der Waals surface area contributed by atoms with E-state index in [9.17, 15) is 8.42 Å². The van der Waals surface area contributed by atoms with Crippen LogP contribution in [0.3, 0.4) is 0 Å². The second kappa shape index (κ2) is 10.2. The molecule has 0 aliphatic heterocycles. The molecule has 7 heteroatoms. The van der Waals surface area contributed by atoms with E-state index in [1.807, 2.05) is 66.7 Å². The van der Waals surface area contributed by atoms with Crippen molar-refractivity contribution in [3.05, 3.63) is 109 Å². The average Bonchev–Trinajstić information content (AvgIpc) is 2.85. The molecule has 0 spiro atoms. The van der Waals surface area contributed by atoms with Gasteiger partial charge in [0.25, 0.3) is 0 Å². The topological polar surface area (TPSA) is 68.7 Å². The normalized spacial score (nSPS) is 11.1. The summed E-state index contributed by atoms with van der Waals surface area (Å²) in [6, 6.07) is 29.3. The highest BCUT2D eigenvalue weighted by Gasteiger charge is 2.23. The Kier molecular flexibility index (Phi) is 6.90. The summed E-state index contributed by atoms with van der Waals surface area (Å²) in [5, 5.41) is 0. The largest absolute Gasteiger partial charge is 0.457 e. The van der Waals surface area contributed by atoms with Crippen molar-refractivity contribution in [1.29, 1.82) is 0 Å². The Balaban J connectivity index is 1.60. The maximum Gasteiger partial charge on any atom is 0.235 e. The zero-order chi connectivity index (χ0) is 23.1. The zero-order valence-corrected chi connectivity index (χ0v) is 19.0. The van der Waals surface area contributed by atoms with Crippen LogP contribution in [0.2, 0.25) is 0 Å². The molecule has 0 N–H and O–H groups in total. The van der Waals surface area contributed by atoms with Gasteiger partial charge in [-0.25, -0.2) is 13.4 Å². The molecule has 168 valence electrons. The minimum Gasteiger partial charge on any atom is -0.457 e. The lowest BCUT2D eigenvalue weighted by atomic mass is 10.2. The summed E-state index contributed by atoms with van der Waals surface area (Å²) in [5.74, 6) is 2.29. The van der Waals surface area contributed by atoms with Gasteiger partial charge < -0.3 is 9.47 Å². The lowest BCUT2D eigenvalue weighted by Crippen LogP contribution is -2.32. The van der Waals surface area contributed by atoms with E-state index in [2.05, 4.69) is 4.98 Å². The molecule has 0 aliphatic rings. The lowest BCUT2D eigenvalue weighted by molar-refractivity contribution is 0.456. The van der Waals surface area contributed by atoms with Crippen LogP contribution in [0.5, 0.6) is 23.1 Å². The average molecular weight is 461 g/mol. The van der Waals surface area contributed by atoms with Crippen molar-refractivity contribution in [2.24, 2.45) is 0 Å². The molecule has 4 aromatic rings. The molecule has 1 aromatic heterocycles. The van der Waals surface area contributed by atoms with Gasteiger partial charge in [0.2, 0.25) is 15.9 Å². The number of ether oxygens (including phenoxy) is 2. The van der Waals surface area contributed by atoms with Gasteiger partial charge in [-0.1, -0.05) is 42.5 Å². The van der Waals surface area contributed by atoms with Gasteiger partial charge in [0.05, 0.1) is 18.0 Å². The molecule has 3 aromatic carbocycles. The molecule has 0 saturated heterocycles. The summed E-state index contributed by atoms with van der Waals surface area (Å²) in [7, 11) is -3.56. The minimum atomic E-state index is -3.56. The first-order valence-electron chi connectivity index (χ1n) is 10.6. The van der Waals surface area contributed by atoms with E-state index in [0.29, 0.717) is 34.4 Å². The van der Waals surface area contributed by atoms with Gasteiger partial charge >= 0.3 is 0 Å². The fraction of sp³-hybridized carbons (Fsp3) is 0.115. The van der Waals surface area contributed by atoms with Crippen molar-refractivity contribution >= 4 is 15.7 Å². The van der Waals surface area contributed by atoms with Crippen molar-refractivity contribution in [2.75, 3.05) is 10.1 Å². The quantitative estimate of drug-likeness (QED) is 0.305. The molecule has 0 atom stereocenters. The van der Waals surface area contributed by atoms with Crippen molar-refractivity contribution in [1.82, 2.24) is 4.98 Å². The number of benzene rings is 3. The first-order valence-corrected chi connectivity index (χ1v) is 12.2. The highest BCUT2D eigenvalue weighted by atomic mass is 32.2. The number of para-hydroxylation sites is 2. The third-order valence-corrected chi connectivity index (χ3v) is 6.67. The van der Waals surface area contributed by atoms with Crippen molar-refractivity contribution in [3.8, 4) is 23.1 Å². The van der Waals surface area contributed by atoms with Gasteiger partial charge in [-0.15, -0.1) is 0 Å². The maximum atomic E-state index is 13.0. The van der Waals surface area contributed by atoms with Crippen LogP contribution in [0.4, 0.5) is 5.69 Å². The third-order valence-electron chi connectivity index (χ3n) is 4.93. The molecule has 0 bridgehead atoms. The van der Waals surface area contributed by atoms with Gasteiger partial charge in [0.15, 0.2) is 0 Å². The molecule has 1 heterocycles. The molecule has 0 unspecified atom stereocenters.